The number of fused-ring (bicyclic) bond motifs is 4. The largest absolute Gasteiger partial charge is 0.477 e. The molecule has 0 bridgehead atoms. The summed E-state index contributed by atoms with van der Waals surface area (Å²) in [4.78, 5) is 63.3. The topological polar surface area (TPSA) is 152 Å². The van der Waals surface area contributed by atoms with Crippen molar-refractivity contribution in [3.05, 3.63) is 101 Å². The van der Waals surface area contributed by atoms with E-state index in [1.165, 1.54) is 34.7 Å². The van der Waals surface area contributed by atoms with Crippen LogP contribution in [0.15, 0.2) is 46.2 Å². The molecule has 0 spiro atoms. The maximum atomic E-state index is 15.7. The van der Waals surface area contributed by atoms with Crippen LogP contribution in [0.4, 0.5) is 8.78 Å². The molecule has 2 unspecified atom stereocenters. The molecule has 6 aromatic rings. The smallest absolute Gasteiger partial charge is 0.343 e. The second kappa shape index (κ2) is 19.6. The van der Waals surface area contributed by atoms with Crippen LogP contribution in [0.2, 0.25) is 36.3 Å². The number of carbonyl (C=O) groups is 2. The van der Waals surface area contributed by atoms with E-state index in [0.717, 1.165) is 72.1 Å². The lowest BCUT2D eigenvalue weighted by atomic mass is 9.75. The van der Waals surface area contributed by atoms with Gasteiger partial charge in [0.2, 0.25) is 10.9 Å². The predicted octanol–water partition coefficient (Wildman–Crippen LogP) is 15.1. The van der Waals surface area contributed by atoms with Crippen LogP contribution in [0.25, 0.3) is 43.2 Å². The van der Waals surface area contributed by atoms with Crippen molar-refractivity contribution in [3.63, 3.8) is 0 Å². The first-order valence-electron chi connectivity index (χ1n) is 26.8. The average Bonchev–Trinajstić information content (AvgIpc) is 4.27. The van der Waals surface area contributed by atoms with E-state index in [4.69, 9.17) is 18.6 Å². The Labute approximate surface area is 454 Å². The number of aromatic nitrogens is 4. The number of aromatic carboxylic acids is 1. The van der Waals surface area contributed by atoms with Crippen LogP contribution in [0, 0.1) is 22.5 Å². The molecule has 2 fully saturated rings. The van der Waals surface area contributed by atoms with Gasteiger partial charge in [-0.15, -0.1) is 22.7 Å². The van der Waals surface area contributed by atoms with Gasteiger partial charge in [0.05, 0.1) is 39.3 Å². The summed E-state index contributed by atoms with van der Waals surface area (Å²) in [6, 6.07) is 6.70. The molecule has 2 saturated carbocycles. The van der Waals surface area contributed by atoms with E-state index < -0.39 is 51.1 Å². The first kappa shape index (κ1) is 56.0. The number of rotatable bonds is 11. The van der Waals surface area contributed by atoms with Crippen LogP contribution in [-0.4, -0.2) is 59.4 Å². The first-order valence-corrected chi connectivity index (χ1v) is 34.2. The van der Waals surface area contributed by atoms with Crippen LogP contribution in [0.1, 0.15) is 181 Å². The lowest BCUT2D eigenvalue weighted by Crippen LogP contribution is -2.45. The highest BCUT2D eigenvalue weighted by Gasteiger charge is 2.48. The lowest BCUT2D eigenvalue weighted by Gasteiger charge is -2.46. The third kappa shape index (κ3) is 10.4. The molecule has 0 aromatic carbocycles. The minimum absolute atomic E-state index is 0.00893. The fraction of sp³-hybridized carbons (Fsp3) is 0.552. The van der Waals surface area contributed by atoms with Crippen molar-refractivity contribution < 1.29 is 37.1 Å². The normalized spacial score (nSPS) is 19.5. The van der Waals surface area contributed by atoms with Gasteiger partial charge in [0, 0.05) is 34.2 Å². The number of pyridine rings is 4. The second-order valence-electron chi connectivity index (χ2n) is 25.9. The SMILES string of the molecule is CC1(C)CCc2cc(-c3nc4c(cc3F)c(=O)c(C(=O)O)cn4C3CC3)sc2C1O[Si](C)(C)C(C)(C)C.CCOC(=O)c1cn(C2CC2)c2nc(-c3cc4c(s3)C(O[Si](C)(C)C(C)(C)C)C(C)(C)CC4)c(F)cc2c1=O. The van der Waals surface area contributed by atoms with Gasteiger partial charge in [-0.3, -0.25) is 9.59 Å². The van der Waals surface area contributed by atoms with E-state index in [1.54, 1.807) is 29.0 Å². The highest BCUT2D eigenvalue weighted by atomic mass is 32.1. The van der Waals surface area contributed by atoms with Gasteiger partial charge in [0.1, 0.15) is 33.8 Å². The number of thiophene rings is 2. The van der Waals surface area contributed by atoms with Gasteiger partial charge < -0.3 is 27.8 Å². The summed E-state index contributed by atoms with van der Waals surface area (Å²) in [5.41, 5.74) is 1.77. The molecular weight excluding hydrogens is 1040 g/mol. The Hall–Kier alpha value is -4.73. The van der Waals surface area contributed by atoms with Crippen molar-refractivity contribution in [1.82, 2.24) is 19.1 Å². The third-order valence-electron chi connectivity index (χ3n) is 17.1. The van der Waals surface area contributed by atoms with Crippen molar-refractivity contribution in [2.75, 3.05) is 6.61 Å². The molecule has 2 atom stereocenters. The van der Waals surface area contributed by atoms with Crippen LogP contribution in [0.5, 0.6) is 0 Å². The molecule has 6 heterocycles. The molecule has 408 valence electrons. The van der Waals surface area contributed by atoms with Gasteiger partial charge in [-0.1, -0.05) is 69.2 Å². The minimum Gasteiger partial charge on any atom is -0.477 e. The maximum absolute atomic E-state index is 15.7. The molecule has 6 aromatic heterocycles. The number of ether oxygens (including phenoxy) is 1. The Morgan fingerprint density at radius 3 is 1.42 bits per heavy atom. The Kier molecular flexibility index (Phi) is 14.4. The molecule has 12 nitrogen and oxygen atoms in total. The summed E-state index contributed by atoms with van der Waals surface area (Å²) in [7, 11) is -4.14. The van der Waals surface area contributed by atoms with Crippen molar-refractivity contribution in [3.8, 4) is 21.1 Å². The number of carboxylic acids is 1. The Bertz CT molecular complexity index is 3440. The van der Waals surface area contributed by atoms with Gasteiger partial charge in [0.25, 0.3) is 0 Å². The standard InChI is InChI=1S/C30H39FN2O4SSi.C28H35FN2O4SSi/c1-9-36-28(35)20-16-33(18-10-11-18)27-19(24(20)34)15-21(31)23(32-27)22-14-17-12-13-30(5,6)26(25(17)38-22)37-39(7,8)29(2,3)4;1-27(2,3)37(6,7)35-24-23-15(10-11-28(24,4)5)12-20(36-23)21-19(29)13-17-22(32)18(26(33)34)14-31(16-8-9-16)25(17)30-21/h14-16,18,26H,9-13H2,1-8H3;12-14,16,24H,8-11H2,1-7H3,(H,33,34). The minimum atomic E-state index is -2.07. The zero-order valence-electron chi connectivity index (χ0n) is 46.8. The molecule has 76 heavy (non-hydrogen) atoms. The van der Waals surface area contributed by atoms with E-state index in [9.17, 15) is 24.3 Å². The third-order valence-corrected chi connectivity index (χ3v) is 28.4. The Morgan fingerprint density at radius 2 is 1.07 bits per heavy atom. The molecule has 0 amide bonds. The fourth-order valence-electron chi connectivity index (χ4n) is 9.82. The number of halogens is 2. The number of nitrogens with zero attached hydrogens (tertiary/aromatic N) is 4. The zero-order chi connectivity index (χ0) is 55.6. The van der Waals surface area contributed by atoms with E-state index in [1.807, 2.05) is 10.6 Å². The summed E-state index contributed by atoms with van der Waals surface area (Å²) in [5.74, 6) is -3.19. The molecule has 0 saturated heterocycles. The van der Waals surface area contributed by atoms with E-state index in [0.29, 0.717) is 16.2 Å². The molecule has 10 rings (SSSR count). The highest BCUT2D eigenvalue weighted by molar-refractivity contribution is 7.16. The zero-order valence-corrected chi connectivity index (χ0v) is 50.4. The van der Waals surface area contributed by atoms with E-state index in [-0.39, 0.29) is 85.1 Å². The summed E-state index contributed by atoms with van der Waals surface area (Å²) in [6.07, 6.45) is 10.1. The van der Waals surface area contributed by atoms with Crippen LogP contribution < -0.4 is 10.9 Å². The van der Waals surface area contributed by atoms with E-state index in [2.05, 4.69) is 106 Å². The van der Waals surface area contributed by atoms with Crippen LogP contribution in [-0.2, 0) is 26.4 Å². The van der Waals surface area contributed by atoms with Gasteiger partial charge in [-0.05, 0) is 141 Å². The fourth-order valence-corrected chi connectivity index (χ4v) is 15.6. The molecular formula is C58H74F2N4O8S2Si2. The number of aryl methyl sites for hydroxylation is 2. The second-order valence-corrected chi connectivity index (χ2v) is 37.6. The highest BCUT2D eigenvalue weighted by Crippen LogP contribution is 2.55. The van der Waals surface area contributed by atoms with E-state index >= 15 is 8.78 Å². The summed E-state index contributed by atoms with van der Waals surface area (Å²) in [5, 5.41) is 9.76. The summed E-state index contributed by atoms with van der Waals surface area (Å²) < 4.78 is 53.9. The molecule has 18 heteroatoms. The molecule has 0 aliphatic heterocycles. The molecule has 1 N–H and O–H groups in total. The monoisotopic (exact) mass is 1110 g/mol. The molecule has 0 radical (unpaired) electrons. The Balaban J connectivity index is 0.000000186. The number of carbonyl (C=O) groups excluding carboxylic acids is 1. The number of esters is 1. The number of hydrogen-bond acceptors (Lipinski definition) is 11. The Morgan fingerprint density at radius 1 is 0.684 bits per heavy atom. The van der Waals surface area contributed by atoms with Gasteiger partial charge in [0.15, 0.2) is 28.3 Å². The van der Waals surface area contributed by atoms with Crippen molar-refractivity contribution in [1.29, 1.82) is 0 Å². The molecule has 4 aliphatic rings. The number of hydrogen-bond donors (Lipinski definition) is 1. The summed E-state index contributed by atoms with van der Waals surface area (Å²) >= 11 is 3.08. The quantitative estimate of drug-likeness (QED) is 0.0980. The molecule has 4 aliphatic carbocycles. The number of carboxylic acid groups (broad SMARTS) is 1. The van der Waals surface area contributed by atoms with Crippen molar-refractivity contribution >= 4 is 73.3 Å². The van der Waals surface area contributed by atoms with Crippen molar-refractivity contribution in [2.24, 2.45) is 10.8 Å². The van der Waals surface area contributed by atoms with Crippen molar-refractivity contribution in [2.45, 2.75) is 188 Å². The van der Waals surface area contributed by atoms with Crippen LogP contribution >= 0.6 is 22.7 Å². The first-order chi connectivity index (χ1) is 35.2. The maximum Gasteiger partial charge on any atom is 0.343 e. The predicted molar refractivity (Wildman–Crippen MR) is 304 cm³/mol. The summed E-state index contributed by atoms with van der Waals surface area (Å²) in [6.45, 7) is 33.4. The van der Waals surface area contributed by atoms with Crippen LogP contribution in [0.3, 0.4) is 0 Å². The lowest BCUT2D eigenvalue weighted by molar-refractivity contribution is 0.0472. The van der Waals surface area contributed by atoms with Gasteiger partial charge >= 0.3 is 11.9 Å². The van der Waals surface area contributed by atoms with Gasteiger partial charge in [-0.25, -0.2) is 28.3 Å². The average molecular weight is 1110 g/mol. The van der Waals surface area contributed by atoms with Gasteiger partial charge in [-0.2, -0.15) is 0 Å².